The fourth-order valence-corrected chi connectivity index (χ4v) is 2.49. The van der Waals surface area contributed by atoms with Gasteiger partial charge in [0.1, 0.15) is 5.60 Å². The molecule has 0 spiro atoms. The molecule has 0 saturated carbocycles. The van der Waals surface area contributed by atoms with Crippen LogP contribution in [-0.2, 0) is 4.74 Å². The zero-order chi connectivity index (χ0) is 18.4. The van der Waals surface area contributed by atoms with Crippen LogP contribution in [0.2, 0.25) is 0 Å². The summed E-state index contributed by atoms with van der Waals surface area (Å²) in [5.74, 6) is -0.206. The number of rotatable bonds is 4. The van der Waals surface area contributed by atoms with Crippen molar-refractivity contribution in [3.63, 3.8) is 0 Å². The van der Waals surface area contributed by atoms with Gasteiger partial charge in [-0.3, -0.25) is 10.1 Å². The summed E-state index contributed by atoms with van der Waals surface area (Å²) >= 11 is 1.61. The van der Waals surface area contributed by atoms with Crippen molar-refractivity contribution >= 4 is 35.1 Å². The lowest BCUT2D eigenvalue weighted by Crippen LogP contribution is -2.27. The molecule has 0 heterocycles. The number of carbonyl (C=O) groups excluding carboxylic acids is 2. The van der Waals surface area contributed by atoms with Crippen LogP contribution in [0, 0.1) is 0 Å². The maximum Gasteiger partial charge on any atom is 0.412 e. The molecule has 0 atom stereocenters. The lowest BCUT2D eigenvalue weighted by molar-refractivity contribution is 0.0636. The highest BCUT2D eigenvalue weighted by molar-refractivity contribution is 7.98. The Labute approximate surface area is 152 Å². The number of benzene rings is 2. The third-order valence-corrected chi connectivity index (χ3v) is 3.85. The molecule has 5 nitrogen and oxygen atoms in total. The first kappa shape index (κ1) is 18.9. The molecule has 0 fully saturated rings. The van der Waals surface area contributed by atoms with Crippen molar-refractivity contribution in [2.75, 3.05) is 16.9 Å². The largest absolute Gasteiger partial charge is 0.444 e. The molecule has 0 aliphatic heterocycles. The van der Waals surface area contributed by atoms with Gasteiger partial charge in [-0.05, 0) is 69.5 Å². The van der Waals surface area contributed by atoms with E-state index in [0.29, 0.717) is 11.3 Å². The van der Waals surface area contributed by atoms with Gasteiger partial charge in [0.25, 0.3) is 5.91 Å². The average Bonchev–Trinajstić information content (AvgIpc) is 2.53. The van der Waals surface area contributed by atoms with E-state index >= 15 is 0 Å². The van der Waals surface area contributed by atoms with Crippen molar-refractivity contribution < 1.29 is 14.3 Å². The predicted molar refractivity (Wildman–Crippen MR) is 102 cm³/mol. The molecular formula is C19H22N2O3S. The second-order valence-corrected chi connectivity index (χ2v) is 7.27. The Morgan fingerprint density at radius 2 is 1.64 bits per heavy atom. The Kier molecular flexibility index (Phi) is 6.09. The molecule has 0 unspecified atom stereocenters. The van der Waals surface area contributed by atoms with Gasteiger partial charge in [-0.1, -0.05) is 6.07 Å². The maximum atomic E-state index is 12.3. The molecule has 6 heteroatoms. The van der Waals surface area contributed by atoms with Crippen molar-refractivity contribution in [2.45, 2.75) is 31.3 Å². The minimum atomic E-state index is -0.560. The van der Waals surface area contributed by atoms with Gasteiger partial charge in [-0.15, -0.1) is 11.8 Å². The highest BCUT2D eigenvalue weighted by atomic mass is 32.2. The summed E-state index contributed by atoms with van der Waals surface area (Å²) in [5, 5.41) is 5.49. The quantitative estimate of drug-likeness (QED) is 0.754. The maximum absolute atomic E-state index is 12.3. The number of ether oxygens (including phenoxy) is 1. The monoisotopic (exact) mass is 358 g/mol. The van der Waals surface area contributed by atoms with E-state index < -0.39 is 11.7 Å². The summed E-state index contributed by atoms with van der Waals surface area (Å²) in [5.41, 5.74) is 1.25. The lowest BCUT2D eigenvalue weighted by atomic mass is 10.2. The summed E-state index contributed by atoms with van der Waals surface area (Å²) in [6.45, 7) is 5.39. The van der Waals surface area contributed by atoms with Gasteiger partial charge in [0, 0.05) is 21.8 Å². The van der Waals surface area contributed by atoms with Gasteiger partial charge in [0.15, 0.2) is 0 Å². The fraction of sp³-hybridized carbons (Fsp3) is 0.263. The van der Waals surface area contributed by atoms with Gasteiger partial charge in [0.2, 0.25) is 0 Å². The predicted octanol–water partition coefficient (Wildman–Crippen LogP) is 5.01. The van der Waals surface area contributed by atoms with E-state index in [1.807, 2.05) is 30.5 Å². The molecule has 0 radical (unpaired) electrons. The number of amides is 2. The minimum Gasteiger partial charge on any atom is -0.444 e. The van der Waals surface area contributed by atoms with E-state index in [-0.39, 0.29) is 5.91 Å². The van der Waals surface area contributed by atoms with Crippen LogP contribution in [-0.4, -0.2) is 23.9 Å². The summed E-state index contributed by atoms with van der Waals surface area (Å²) in [6.07, 6.45) is 1.45. The van der Waals surface area contributed by atoms with Crippen LogP contribution < -0.4 is 10.6 Å². The van der Waals surface area contributed by atoms with Crippen molar-refractivity contribution in [1.82, 2.24) is 0 Å². The summed E-state index contributed by atoms with van der Waals surface area (Å²) in [4.78, 5) is 25.1. The first-order valence-electron chi connectivity index (χ1n) is 7.82. The van der Waals surface area contributed by atoms with Crippen LogP contribution >= 0.6 is 11.8 Å². The van der Waals surface area contributed by atoms with E-state index in [1.54, 1.807) is 56.8 Å². The molecule has 0 aliphatic carbocycles. The SMILES string of the molecule is CSc1cccc(NC(=O)c2ccc(NC(=O)OC(C)(C)C)cc2)c1. The summed E-state index contributed by atoms with van der Waals surface area (Å²) < 4.78 is 5.19. The normalized spacial score (nSPS) is 10.9. The second kappa shape index (κ2) is 8.07. The molecule has 25 heavy (non-hydrogen) atoms. The van der Waals surface area contributed by atoms with Gasteiger partial charge < -0.3 is 10.1 Å². The van der Waals surface area contributed by atoms with Crippen molar-refractivity contribution in [3.05, 3.63) is 54.1 Å². The van der Waals surface area contributed by atoms with Crippen LogP contribution in [0.4, 0.5) is 16.2 Å². The molecule has 2 aromatic rings. The standard InChI is InChI=1S/C19H22N2O3S/c1-19(2,3)24-18(23)21-14-10-8-13(9-11-14)17(22)20-15-6-5-7-16(12-15)25-4/h5-12H,1-4H3,(H,20,22)(H,21,23). The molecule has 132 valence electrons. The molecular weight excluding hydrogens is 336 g/mol. The van der Waals surface area contributed by atoms with Crippen molar-refractivity contribution in [3.8, 4) is 0 Å². The first-order valence-corrected chi connectivity index (χ1v) is 9.05. The van der Waals surface area contributed by atoms with Crippen molar-refractivity contribution in [2.24, 2.45) is 0 Å². The van der Waals surface area contributed by atoms with Crippen LogP contribution in [0.1, 0.15) is 31.1 Å². The third-order valence-electron chi connectivity index (χ3n) is 3.12. The first-order chi connectivity index (χ1) is 11.8. The lowest BCUT2D eigenvalue weighted by Gasteiger charge is -2.19. The smallest absolute Gasteiger partial charge is 0.412 e. The highest BCUT2D eigenvalue weighted by Gasteiger charge is 2.16. The molecule has 2 aromatic carbocycles. The van der Waals surface area contributed by atoms with Crippen LogP contribution in [0.25, 0.3) is 0 Å². The van der Waals surface area contributed by atoms with Gasteiger partial charge >= 0.3 is 6.09 Å². The zero-order valence-electron chi connectivity index (χ0n) is 14.8. The summed E-state index contributed by atoms with van der Waals surface area (Å²) in [7, 11) is 0. The average molecular weight is 358 g/mol. The Hall–Kier alpha value is -2.47. The molecule has 0 saturated heterocycles. The molecule has 0 aliphatic rings. The van der Waals surface area contributed by atoms with Gasteiger partial charge in [0.05, 0.1) is 0 Å². The van der Waals surface area contributed by atoms with Crippen LogP contribution in [0.15, 0.2) is 53.4 Å². The number of anilines is 2. The number of carbonyl (C=O) groups is 2. The zero-order valence-corrected chi connectivity index (χ0v) is 15.6. The van der Waals surface area contributed by atoms with E-state index in [2.05, 4.69) is 10.6 Å². The number of hydrogen-bond acceptors (Lipinski definition) is 4. The minimum absolute atomic E-state index is 0.206. The number of thioether (sulfide) groups is 1. The van der Waals surface area contributed by atoms with E-state index in [9.17, 15) is 9.59 Å². The molecule has 2 rings (SSSR count). The fourth-order valence-electron chi connectivity index (χ4n) is 2.03. The van der Waals surface area contributed by atoms with E-state index in [1.165, 1.54) is 0 Å². The Bertz CT molecular complexity index is 752. The number of nitrogens with one attached hydrogen (secondary N) is 2. The molecule has 2 amide bonds. The Morgan fingerprint density at radius 3 is 2.24 bits per heavy atom. The third kappa shape index (κ3) is 6.15. The van der Waals surface area contributed by atoms with Gasteiger partial charge in [-0.25, -0.2) is 4.79 Å². The Balaban J connectivity index is 1.99. The van der Waals surface area contributed by atoms with Crippen LogP contribution in [0.3, 0.4) is 0 Å². The van der Waals surface area contributed by atoms with Crippen molar-refractivity contribution in [1.29, 1.82) is 0 Å². The molecule has 0 bridgehead atoms. The second-order valence-electron chi connectivity index (χ2n) is 6.39. The Morgan fingerprint density at radius 1 is 0.960 bits per heavy atom. The van der Waals surface area contributed by atoms with E-state index in [0.717, 1.165) is 10.6 Å². The molecule has 0 aromatic heterocycles. The topological polar surface area (TPSA) is 67.4 Å². The molecule has 2 N–H and O–H groups in total. The number of hydrogen-bond donors (Lipinski definition) is 2. The summed E-state index contributed by atoms with van der Waals surface area (Å²) in [6, 6.07) is 14.3. The van der Waals surface area contributed by atoms with Gasteiger partial charge in [-0.2, -0.15) is 0 Å². The highest BCUT2D eigenvalue weighted by Crippen LogP contribution is 2.20. The van der Waals surface area contributed by atoms with Crippen LogP contribution in [0.5, 0.6) is 0 Å². The van der Waals surface area contributed by atoms with E-state index in [4.69, 9.17) is 4.74 Å².